The van der Waals surface area contributed by atoms with Crippen LogP contribution in [0.2, 0.25) is 0 Å². The third-order valence-electron chi connectivity index (χ3n) is 10.0. The number of aryl methyl sites for hydroxylation is 3. The number of benzene rings is 1. The highest BCUT2D eigenvalue weighted by Crippen LogP contribution is 2.60. The van der Waals surface area contributed by atoms with Gasteiger partial charge in [-0.3, -0.25) is 0 Å². The number of hydrogen-bond donors (Lipinski definition) is 0. The Kier molecular flexibility index (Phi) is 7.37. The zero-order valence-corrected chi connectivity index (χ0v) is 25.5. The molecule has 1 saturated carbocycles. The molecule has 0 unspecified atom stereocenters. The minimum Gasteiger partial charge on any atom is -0.470 e. The van der Waals surface area contributed by atoms with E-state index < -0.39 is 23.3 Å². The van der Waals surface area contributed by atoms with Gasteiger partial charge in [0.2, 0.25) is 5.79 Å². The van der Waals surface area contributed by atoms with Crippen molar-refractivity contribution >= 4 is 11.0 Å². The van der Waals surface area contributed by atoms with Gasteiger partial charge >= 0.3 is 5.63 Å². The summed E-state index contributed by atoms with van der Waals surface area (Å²) in [4.78, 5) is 24.2. The van der Waals surface area contributed by atoms with Crippen LogP contribution in [0.4, 0.5) is 0 Å². The van der Waals surface area contributed by atoms with Crippen molar-refractivity contribution in [3.05, 3.63) is 51.6 Å². The van der Waals surface area contributed by atoms with Crippen molar-refractivity contribution in [2.24, 2.45) is 23.7 Å². The maximum atomic E-state index is 12.1. The summed E-state index contributed by atoms with van der Waals surface area (Å²) in [6, 6.07) is 5.29. The highest BCUT2D eigenvalue weighted by molar-refractivity contribution is 5.86. The van der Waals surface area contributed by atoms with E-state index in [1.807, 2.05) is 39.1 Å². The number of nitrogens with zero attached hydrogens (tertiary/aromatic N) is 3. The molecule has 2 bridgehead atoms. The quantitative estimate of drug-likeness (QED) is 0.196. The van der Waals surface area contributed by atoms with Crippen LogP contribution in [0.1, 0.15) is 69.7 Å². The average molecular weight is 596 g/mol. The number of aromatic nitrogens is 3. The molecule has 2 aromatic heterocycles. The van der Waals surface area contributed by atoms with E-state index in [-0.39, 0.29) is 24.9 Å². The Balaban J connectivity index is 0.951. The maximum Gasteiger partial charge on any atom is 0.339 e. The predicted octanol–water partition coefficient (Wildman–Crippen LogP) is 5.20. The molecule has 0 N–H and O–H groups in total. The Morgan fingerprint density at radius 2 is 1.95 bits per heavy atom. The molecular weight excluding hydrogens is 554 g/mol. The van der Waals surface area contributed by atoms with Crippen molar-refractivity contribution < 1.29 is 33.1 Å². The van der Waals surface area contributed by atoms with Gasteiger partial charge in [-0.05, 0) is 81.9 Å². The normalized spacial score (nSPS) is 35.1. The molecule has 8 rings (SSSR count). The van der Waals surface area contributed by atoms with E-state index in [1.165, 1.54) is 6.07 Å². The van der Waals surface area contributed by atoms with E-state index in [9.17, 15) is 4.79 Å². The van der Waals surface area contributed by atoms with Crippen molar-refractivity contribution in [3.63, 3.8) is 0 Å². The van der Waals surface area contributed by atoms with Crippen molar-refractivity contribution in [3.8, 4) is 5.75 Å². The lowest BCUT2D eigenvalue weighted by Gasteiger charge is -2.60. The first-order valence-corrected chi connectivity index (χ1v) is 15.5. The molecule has 5 fully saturated rings. The Hall–Kier alpha value is -2.83. The SMILES string of the molecule is Cc1cc(C)c2oc(=O)cc(OCn3cc(CCCO[C@H]4O[C@@H]5O[C@@]6(C)CC[C@H]7[C@H](C)CC[C@@H]([C@H]4C)[C@@]57OO6)nn3)c2c1. The lowest BCUT2D eigenvalue weighted by atomic mass is 9.58. The van der Waals surface area contributed by atoms with Crippen molar-refractivity contribution in [1.82, 2.24) is 15.0 Å². The van der Waals surface area contributed by atoms with Crippen LogP contribution in [0, 0.1) is 37.5 Å². The minimum absolute atomic E-state index is 0.122. The number of ether oxygens (including phenoxy) is 4. The largest absolute Gasteiger partial charge is 0.470 e. The minimum atomic E-state index is -0.795. The first-order valence-electron chi connectivity index (χ1n) is 15.5. The van der Waals surface area contributed by atoms with Crippen LogP contribution in [0.5, 0.6) is 5.75 Å². The van der Waals surface area contributed by atoms with Gasteiger partial charge in [-0.15, -0.1) is 5.10 Å². The molecule has 3 aromatic rings. The van der Waals surface area contributed by atoms with E-state index in [0.29, 0.717) is 36.2 Å². The summed E-state index contributed by atoms with van der Waals surface area (Å²) in [5, 5.41) is 9.26. The summed E-state index contributed by atoms with van der Waals surface area (Å²) in [5.41, 5.74) is 2.28. The van der Waals surface area contributed by atoms with Crippen molar-refractivity contribution in [1.29, 1.82) is 0 Å². The number of rotatable bonds is 8. The second kappa shape index (κ2) is 11.0. The topological polar surface area (TPSA) is 116 Å². The summed E-state index contributed by atoms with van der Waals surface area (Å²) in [6.45, 7) is 11.0. The van der Waals surface area contributed by atoms with E-state index in [4.69, 9.17) is 33.1 Å². The third-order valence-corrected chi connectivity index (χ3v) is 10.0. The fourth-order valence-corrected chi connectivity index (χ4v) is 7.87. The zero-order chi connectivity index (χ0) is 29.9. The van der Waals surface area contributed by atoms with Gasteiger partial charge in [0, 0.05) is 18.3 Å². The van der Waals surface area contributed by atoms with Gasteiger partial charge in [0.1, 0.15) is 11.3 Å². The first-order chi connectivity index (χ1) is 20.6. The molecule has 11 nitrogen and oxygen atoms in total. The first kappa shape index (κ1) is 28.9. The van der Waals surface area contributed by atoms with Gasteiger partial charge in [-0.25, -0.2) is 19.3 Å². The zero-order valence-electron chi connectivity index (χ0n) is 25.5. The number of fused-ring (bicyclic) bond motifs is 3. The maximum absolute atomic E-state index is 12.1. The molecule has 8 atom stereocenters. The van der Waals surface area contributed by atoms with Gasteiger partial charge < -0.3 is 23.4 Å². The van der Waals surface area contributed by atoms with Crippen LogP contribution < -0.4 is 10.4 Å². The van der Waals surface area contributed by atoms with Crippen molar-refractivity contribution in [2.45, 2.75) is 104 Å². The molecule has 1 aliphatic carbocycles. The lowest BCUT2D eigenvalue weighted by molar-refractivity contribution is -0.577. The molecule has 4 saturated heterocycles. The summed E-state index contributed by atoms with van der Waals surface area (Å²) in [6.07, 6.45) is 6.42. The summed E-state index contributed by atoms with van der Waals surface area (Å²) < 4.78 is 32.3. The molecule has 4 aliphatic heterocycles. The third kappa shape index (κ3) is 5.08. The molecule has 1 spiro atoms. The van der Waals surface area contributed by atoms with Crippen LogP contribution in [0.3, 0.4) is 0 Å². The van der Waals surface area contributed by atoms with E-state index >= 15 is 0 Å². The van der Waals surface area contributed by atoms with Crippen LogP contribution in [0.25, 0.3) is 11.0 Å². The fourth-order valence-electron chi connectivity index (χ4n) is 7.87. The molecule has 0 radical (unpaired) electrons. The molecule has 0 amide bonds. The van der Waals surface area contributed by atoms with Crippen molar-refractivity contribution in [2.75, 3.05) is 6.61 Å². The Morgan fingerprint density at radius 1 is 1.09 bits per heavy atom. The Labute approximate surface area is 250 Å². The monoisotopic (exact) mass is 595 g/mol. The molecule has 1 aromatic carbocycles. The summed E-state index contributed by atoms with van der Waals surface area (Å²) in [7, 11) is 0. The Morgan fingerprint density at radius 3 is 2.81 bits per heavy atom. The van der Waals surface area contributed by atoms with E-state index in [2.05, 4.69) is 24.2 Å². The van der Waals surface area contributed by atoms with Crippen LogP contribution in [-0.4, -0.2) is 45.6 Å². The average Bonchev–Trinajstić information content (AvgIpc) is 3.30. The highest BCUT2D eigenvalue weighted by atomic mass is 17.3. The summed E-state index contributed by atoms with van der Waals surface area (Å²) >= 11 is 0. The highest BCUT2D eigenvalue weighted by Gasteiger charge is 2.69. The van der Waals surface area contributed by atoms with E-state index in [1.54, 1.807) is 4.68 Å². The smallest absolute Gasteiger partial charge is 0.339 e. The standard InChI is InChI=1S/C32H41N3O8/c1-18-13-20(3)28-23(14-18)26(15-27(36)39-28)38-17-35-16-22(33-34-35)7-6-12-37-29-21(4)25-9-8-19(2)24-10-11-31(5)41-30(40-29)32(24,25)43-42-31/h13-16,19,21,24-25,29-30H,6-12,17H2,1-5H3/t19-,21-,24+,25+,29+,30-,31-,32-/m1/s1. The molecule has 5 aliphatic rings. The molecule has 11 heteroatoms. The van der Waals surface area contributed by atoms with Gasteiger partial charge in [0.15, 0.2) is 24.9 Å². The molecule has 232 valence electrons. The van der Waals surface area contributed by atoms with Gasteiger partial charge in [-0.1, -0.05) is 25.1 Å². The molecule has 43 heavy (non-hydrogen) atoms. The van der Waals surface area contributed by atoms with Gasteiger partial charge in [-0.2, -0.15) is 0 Å². The summed E-state index contributed by atoms with van der Waals surface area (Å²) in [5.74, 6) is 0.905. The Bertz CT molecular complexity index is 1560. The predicted molar refractivity (Wildman–Crippen MR) is 154 cm³/mol. The fraction of sp³-hybridized carbons (Fsp3) is 0.656. The van der Waals surface area contributed by atoms with Gasteiger partial charge in [0.05, 0.1) is 30.0 Å². The van der Waals surface area contributed by atoms with E-state index in [0.717, 1.165) is 54.3 Å². The molecule has 6 heterocycles. The van der Waals surface area contributed by atoms with Gasteiger partial charge in [0.25, 0.3) is 0 Å². The molecular formula is C32H41N3O8. The van der Waals surface area contributed by atoms with Crippen LogP contribution in [0.15, 0.2) is 33.6 Å². The van der Waals surface area contributed by atoms with Crippen LogP contribution in [-0.2, 0) is 37.1 Å². The second-order valence-electron chi connectivity index (χ2n) is 13.2. The number of hydrogen-bond acceptors (Lipinski definition) is 10. The van der Waals surface area contributed by atoms with Crippen LogP contribution >= 0.6 is 0 Å². The lowest BCUT2D eigenvalue weighted by Crippen LogP contribution is -2.70. The second-order valence-corrected chi connectivity index (χ2v) is 13.2.